The number of rotatable bonds is 4. The SMILES string of the molecule is N#Cc1ccc(N2CCN(C(=O)Cc3csc4nc(-c5ccccc5)cn34)CC2)cc1. The van der Waals surface area contributed by atoms with Crippen LogP contribution in [0.4, 0.5) is 5.69 Å². The largest absolute Gasteiger partial charge is 0.368 e. The predicted octanol–water partition coefficient (Wildman–Crippen LogP) is 3.83. The number of hydrogen-bond acceptors (Lipinski definition) is 5. The maximum Gasteiger partial charge on any atom is 0.228 e. The molecule has 1 aliphatic rings. The fourth-order valence-electron chi connectivity index (χ4n) is 3.93. The lowest BCUT2D eigenvalue weighted by Crippen LogP contribution is -2.49. The standard InChI is InChI=1S/C24H21N5OS/c25-15-18-6-8-20(9-7-18)27-10-12-28(13-11-27)23(30)14-21-17-31-24-26-22(16-29(21)24)19-4-2-1-3-5-19/h1-9,16-17H,10-14H2. The Bertz CT molecular complexity index is 1240. The molecule has 154 valence electrons. The van der Waals surface area contributed by atoms with Crippen molar-refractivity contribution in [1.82, 2.24) is 14.3 Å². The Hall–Kier alpha value is -3.63. The van der Waals surface area contributed by atoms with Crippen LogP contribution >= 0.6 is 11.3 Å². The first-order chi connectivity index (χ1) is 15.2. The van der Waals surface area contributed by atoms with Crippen molar-refractivity contribution in [3.63, 3.8) is 0 Å². The Morgan fingerprint density at radius 3 is 2.48 bits per heavy atom. The number of nitriles is 1. The molecule has 2 aromatic heterocycles. The summed E-state index contributed by atoms with van der Waals surface area (Å²) >= 11 is 1.57. The summed E-state index contributed by atoms with van der Waals surface area (Å²) in [5, 5.41) is 11.0. The zero-order chi connectivity index (χ0) is 21.2. The van der Waals surface area contributed by atoms with Gasteiger partial charge in [-0.1, -0.05) is 30.3 Å². The lowest BCUT2D eigenvalue weighted by atomic mass is 10.2. The molecular formula is C24H21N5OS. The average molecular weight is 428 g/mol. The average Bonchev–Trinajstić information content (AvgIpc) is 3.42. The molecule has 7 heteroatoms. The summed E-state index contributed by atoms with van der Waals surface area (Å²) in [5.41, 5.74) is 4.74. The van der Waals surface area contributed by atoms with Crippen LogP contribution in [0.1, 0.15) is 11.3 Å². The van der Waals surface area contributed by atoms with Crippen molar-refractivity contribution in [2.75, 3.05) is 31.1 Å². The molecule has 5 rings (SSSR count). The fourth-order valence-corrected chi connectivity index (χ4v) is 4.81. The summed E-state index contributed by atoms with van der Waals surface area (Å²) < 4.78 is 2.04. The molecule has 1 amide bonds. The lowest BCUT2D eigenvalue weighted by molar-refractivity contribution is -0.130. The van der Waals surface area contributed by atoms with E-state index in [4.69, 9.17) is 10.2 Å². The number of amides is 1. The van der Waals surface area contributed by atoms with E-state index in [2.05, 4.69) is 11.0 Å². The normalized spacial score (nSPS) is 14.0. The number of piperazine rings is 1. The molecule has 1 aliphatic heterocycles. The molecule has 4 aromatic rings. The summed E-state index contributed by atoms with van der Waals surface area (Å²) in [6.07, 6.45) is 2.40. The first kappa shape index (κ1) is 19.3. The van der Waals surface area contributed by atoms with Crippen LogP contribution in [0.2, 0.25) is 0 Å². The van der Waals surface area contributed by atoms with Crippen LogP contribution in [0.25, 0.3) is 16.2 Å². The van der Waals surface area contributed by atoms with Gasteiger partial charge in [0.2, 0.25) is 5.91 Å². The molecule has 0 unspecified atom stereocenters. The van der Waals surface area contributed by atoms with Gasteiger partial charge in [-0.15, -0.1) is 11.3 Å². The molecule has 1 fully saturated rings. The van der Waals surface area contributed by atoms with Crippen molar-refractivity contribution in [1.29, 1.82) is 5.26 Å². The lowest BCUT2D eigenvalue weighted by Gasteiger charge is -2.36. The van der Waals surface area contributed by atoms with Gasteiger partial charge in [-0.2, -0.15) is 5.26 Å². The van der Waals surface area contributed by atoms with Crippen molar-refractivity contribution in [2.45, 2.75) is 6.42 Å². The summed E-state index contributed by atoms with van der Waals surface area (Å²) in [4.78, 5) is 22.8. The molecule has 3 heterocycles. The number of fused-ring (bicyclic) bond motifs is 1. The maximum atomic E-state index is 13.0. The topological polar surface area (TPSA) is 64.6 Å². The van der Waals surface area contributed by atoms with Gasteiger partial charge in [-0.25, -0.2) is 4.98 Å². The van der Waals surface area contributed by atoms with Gasteiger partial charge in [0.1, 0.15) is 0 Å². The number of anilines is 1. The molecule has 0 aliphatic carbocycles. The van der Waals surface area contributed by atoms with Crippen LogP contribution in [0.15, 0.2) is 66.2 Å². The zero-order valence-corrected chi connectivity index (χ0v) is 17.8. The minimum atomic E-state index is 0.147. The number of imidazole rings is 1. The predicted molar refractivity (Wildman–Crippen MR) is 122 cm³/mol. The van der Waals surface area contributed by atoms with E-state index in [-0.39, 0.29) is 5.91 Å². The molecule has 31 heavy (non-hydrogen) atoms. The van der Waals surface area contributed by atoms with Crippen molar-refractivity contribution in [3.05, 3.63) is 77.4 Å². The molecule has 0 spiro atoms. The summed E-state index contributed by atoms with van der Waals surface area (Å²) in [6.45, 7) is 2.98. The Kier molecular flexibility index (Phi) is 5.14. The minimum Gasteiger partial charge on any atom is -0.368 e. The van der Waals surface area contributed by atoms with Gasteiger partial charge in [-0.3, -0.25) is 9.20 Å². The smallest absolute Gasteiger partial charge is 0.228 e. The summed E-state index contributed by atoms with van der Waals surface area (Å²) in [7, 11) is 0. The van der Waals surface area contributed by atoms with E-state index in [0.29, 0.717) is 25.1 Å². The van der Waals surface area contributed by atoms with E-state index in [9.17, 15) is 4.79 Å². The van der Waals surface area contributed by atoms with E-state index >= 15 is 0 Å². The quantitative estimate of drug-likeness (QED) is 0.497. The third-order valence-electron chi connectivity index (χ3n) is 5.68. The molecule has 0 atom stereocenters. The second-order valence-electron chi connectivity index (χ2n) is 7.58. The third kappa shape index (κ3) is 3.90. The monoisotopic (exact) mass is 427 g/mol. The summed E-state index contributed by atoms with van der Waals surface area (Å²) in [5.74, 6) is 0.147. The van der Waals surface area contributed by atoms with Crippen LogP contribution in [-0.4, -0.2) is 46.4 Å². The van der Waals surface area contributed by atoms with Gasteiger partial charge in [0, 0.05) is 54.7 Å². The van der Waals surface area contributed by atoms with Gasteiger partial charge in [0.25, 0.3) is 0 Å². The molecule has 0 radical (unpaired) electrons. The number of benzene rings is 2. The van der Waals surface area contributed by atoms with Crippen LogP contribution < -0.4 is 4.90 Å². The van der Waals surface area contributed by atoms with Crippen molar-refractivity contribution >= 4 is 27.9 Å². The molecule has 0 saturated carbocycles. The van der Waals surface area contributed by atoms with Crippen LogP contribution in [-0.2, 0) is 11.2 Å². The van der Waals surface area contributed by atoms with E-state index in [1.807, 2.05) is 75.5 Å². The molecule has 0 bridgehead atoms. The third-order valence-corrected chi connectivity index (χ3v) is 6.57. The molecule has 6 nitrogen and oxygen atoms in total. The number of carbonyl (C=O) groups is 1. The number of aromatic nitrogens is 2. The van der Waals surface area contributed by atoms with E-state index in [1.54, 1.807) is 11.3 Å². The van der Waals surface area contributed by atoms with E-state index in [0.717, 1.165) is 40.7 Å². The number of thiazole rings is 1. The van der Waals surface area contributed by atoms with Crippen LogP contribution in [0.3, 0.4) is 0 Å². The van der Waals surface area contributed by atoms with Gasteiger partial charge >= 0.3 is 0 Å². The summed E-state index contributed by atoms with van der Waals surface area (Å²) in [6, 6.07) is 19.9. The highest BCUT2D eigenvalue weighted by Gasteiger charge is 2.22. The Morgan fingerprint density at radius 1 is 1.03 bits per heavy atom. The van der Waals surface area contributed by atoms with E-state index < -0.39 is 0 Å². The maximum absolute atomic E-state index is 13.0. The molecule has 2 aromatic carbocycles. The van der Waals surface area contributed by atoms with Gasteiger partial charge in [-0.05, 0) is 24.3 Å². The van der Waals surface area contributed by atoms with Gasteiger partial charge in [0.05, 0.1) is 23.7 Å². The van der Waals surface area contributed by atoms with Crippen molar-refractivity contribution < 1.29 is 4.79 Å². The zero-order valence-electron chi connectivity index (χ0n) is 16.9. The Labute approximate surface area is 184 Å². The highest BCUT2D eigenvalue weighted by molar-refractivity contribution is 7.15. The van der Waals surface area contributed by atoms with Gasteiger partial charge < -0.3 is 9.80 Å². The first-order valence-electron chi connectivity index (χ1n) is 10.2. The number of hydrogen-bond donors (Lipinski definition) is 0. The van der Waals surface area contributed by atoms with Crippen molar-refractivity contribution in [3.8, 4) is 17.3 Å². The van der Waals surface area contributed by atoms with Gasteiger partial charge in [0.15, 0.2) is 4.96 Å². The highest BCUT2D eigenvalue weighted by atomic mass is 32.1. The Balaban J connectivity index is 1.24. The number of nitrogens with zero attached hydrogens (tertiary/aromatic N) is 5. The van der Waals surface area contributed by atoms with Crippen molar-refractivity contribution in [2.24, 2.45) is 0 Å². The Morgan fingerprint density at radius 2 is 1.77 bits per heavy atom. The number of carbonyl (C=O) groups excluding carboxylic acids is 1. The molecule has 0 N–H and O–H groups in total. The fraction of sp³-hybridized carbons (Fsp3) is 0.208. The molecule has 1 saturated heterocycles. The van der Waals surface area contributed by atoms with Crippen LogP contribution in [0.5, 0.6) is 0 Å². The molecular weight excluding hydrogens is 406 g/mol. The second kappa shape index (κ2) is 8.25. The highest BCUT2D eigenvalue weighted by Crippen LogP contribution is 2.24. The van der Waals surface area contributed by atoms with E-state index in [1.165, 1.54) is 0 Å². The van der Waals surface area contributed by atoms with Crippen LogP contribution in [0, 0.1) is 11.3 Å². The second-order valence-corrected chi connectivity index (χ2v) is 8.41. The minimum absolute atomic E-state index is 0.147. The first-order valence-corrected chi connectivity index (χ1v) is 11.1.